The Labute approximate surface area is 379 Å². The summed E-state index contributed by atoms with van der Waals surface area (Å²) in [5.41, 5.74) is 0. The van der Waals surface area contributed by atoms with Gasteiger partial charge in [0.25, 0.3) is 0 Å². The minimum Gasteiger partial charge on any atom is -0.394 e. The molecule has 0 aromatic carbocycles. The van der Waals surface area contributed by atoms with E-state index in [4.69, 9.17) is 18.9 Å². The van der Waals surface area contributed by atoms with E-state index in [-0.39, 0.29) is 18.9 Å². The highest BCUT2D eigenvalue weighted by Gasteiger charge is 2.51. The number of hydrogen-bond acceptors (Lipinski definition) is 13. The maximum Gasteiger partial charge on any atom is 0.220 e. The monoisotopic (exact) mass is 900 g/mol. The molecule has 12 atom stereocenters. The zero-order valence-electron chi connectivity index (χ0n) is 38.8. The lowest BCUT2D eigenvalue weighted by Gasteiger charge is -2.46. The number of unbranched alkanes of at least 4 members (excludes halogenated alkanes) is 20. The van der Waals surface area contributed by atoms with Gasteiger partial charge in [0.1, 0.15) is 48.8 Å². The average Bonchev–Trinajstić information content (AvgIpc) is 3.28. The minimum atomic E-state index is -1.79. The number of nitrogens with one attached hydrogen (secondary N) is 1. The van der Waals surface area contributed by atoms with Crippen LogP contribution >= 0.6 is 0 Å². The number of allylic oxidation sites excluding steroid dienone is 5. The van der Waals surface area contributed by atoms with E-state index >= 15 is 0 Å². The van der Waals surface area contributed by atoms with Crippen LogP contribution in [0, 0.1) is 0 Å². The fraction of sp³-hybridized carbons (Fsp3) is 0.857. The molecule has 12 unspecified atom stereocenters. The lowest BCUT2D eigenvalue weighted by molar-refractivity contribution is -0.359. The molecule has 9 N–H and O–H groups in total. The summed E-state index contributed by atoms with van der Waals surface area (Å²) >= 11 is 0. The molecule has 2 aliphatic heterocycles. The normalized spacial score (nSPS) is 27.8. The first kappa shape index (κ1) is 57.3. The smallest absolute Gasteiger partial charge is 0.220 e. The minimum absolute atomic E-state index is 0.256. The highest BCUT2D eigenvalue weighted by Crippen LogP contribution is 2.30. The zero-order valence-corrected chi connectivity index (χ0v) is 38.8. The van der Waals surface area contributed by atoms with Crippen LogP contribution in [-0.4, -0.2) is 140 Å². The van der Waals surface area contributed by atoms with Gasteiger partial charge in [-0.3, -0.25) is 4.79 Å². The summed E-state index contributed by atoms with van der Waals surface area (Å²) in [7, 11) is 0. The maximum atomic E-state index is 13.1. The standard InChI is InChI=1S/C49H89NO13/c1-3-5-7-9-11-13-15-16-17-18-19-20-21-23-24-26-28-30-32-38(53)37(50-41(54)33-31-29-27-25-22-14-12-10-8-6-4-2)36-60-48-46(59)44(57)47(40(35-52)62-48)63-49-45(58)43(56)42(55)39(34-51)61-49/h18-19,23-24,30,32,37-40,42-49,51-53,55-59H,3-17,20-22,25-29,31,33-36H2,1-2H3,(H,50,54)/b19-18+,24-23+,32-30+. The Balaban J connectivity index is 1.89. The molecular weight excluding hydrogens is 811 g/mol. The molecule has 14 heteroatoms. The van der Waals surface area contributed by atoms with Crippen molar-refractivity contribution in [1.82, 2.24) is 5.32 Å². The molecule has 0 radical (unpaired) electrons. The molecule has 63 heavy (non-hydrogen) atoms. The van der Waals surface area contributed by atoms with E-state index in [9.17, 15) is 45.6 Å². The molecule has 2 aliphatic rings. The van der Waals surface area contributed by atoms with Gasteiger partial charge in [0.15, 0.2) is 12.6 Å². The number of carbonyl (C=O) groups is 1. The Morgan fingerprint density at radius 3 is 1.56 bits per heavy atom. The molecule has 2 fully saturated rings. The summed E-state index contributed by atoms with van der Waals surface area (Å²) in [6, 6.07) is -0.932. The maximum absolute atomic E-state index is 13.1. The van der Waals surface area contributed by atoms with Gasteiger partial charge < -0.3 is 65.1 Å². The van der Waals surface area contributed by atoms with Crippen LogP contribution < -0.4 is 5.32 Å². The molecule has 0 saturated carbocycles. The summed E-state index contributed by atoms with van der Waals surface area (Å²) in [4.78, 5) is 13.1. The van der Waals surface area contributed by atoms with Gasteiger partial charge in [0.2, 0.25) is 5.91 Å². The van der Waals surface area contributed by atoms with Gasteiger partial charge in [-0.15, -0.1) is 0 Å². The lowest BCUT2D eigenvalue weighted by atomic mass is 9.97. The van der Waals surface area contributed by atoms with Crippen molar-refractivity contribution < 1.29 is 64.6 Å². The molecule has 0 bridgehead atoms. The third-order valence-corrected chi connectivity index (χ3v) is 12.1. The van der Waals surface area contributed by atoms with Crippen molar-refractivity contribution in [2.75, 3.05) is 19.8 Å². The fourth-order valence-electron chi connectivity index (χ4n) is 7.97. The molecular formula is C49H89NO13. The first-order valence-corrected chi connectivity index (χ1v) is 24.7. The van der Waals surface area contributed by atoms with Crippen LogP contribution in [0.1, 0.15) is 174 Å². The molecule has 0 aromatic heterocycles. The molecule has 2 saturated heterocycles. The Kier molecular flexibility index (Phi) is 33.1. The molecule has 14 nitrogen and oxygen atoms in total. The quantitative estimate of drug-likeness (QED) is 0.0261. The van der Waals surface area contributed by atoms with Gasteiger partial charge in [-0.1, -0.05) is 159 Å². The summed E-state index contributed by atoms with van der Waals surface area (Å²) in [5, 5.41) is 86.6. The SMILES string of the molecule is CCCCCCCCCC/C=C/CC/C=C/CC/C=C/C(O)C(COC1OC(CO)C(OC2OC(CO)C(O)C(O)C2O)C(O)C1O)NC(=O)CCCCCCCCCCCCC. The number of amides is 1. The van der Waals surface area contributed by atoms with Crippen molar-refractivity contribution >= 4 is 5.91 Å². The van der Waals surface area contributed by atoms with Crippen molar-refractivity contribution in [2.45, 2.75) is 248 Å². The van der Waals surface area contributed by atoms with Crippen molar-refractivity contribution in [3.63, 3.8) is 0 Å². The van der Waals surface area contributed by atoms with Crippen LogP contribution in [0.5, 0.6) is 0 Å². The van der Waals surface area contributed by atoms with E-state index < -0.39 is 86.8 Å². The highest BCUT2D eigenvalue weighted by atomic mass is 16.7. The molecule has 0 aliphatic carbocycles. The van der Waals surface area contributed by atoms with Crippen LogP contribution in [0.15, 0.2) is 36.5 Å². The summed E-state index contributed by atoms with van der Waals surface area (Å²) in [6.45, 7) is 2.73. The molecule has 368 valence electrons. The number of aliphatic hydroxyl groups excluding tert-OH is 8. The number of aliphatic hydroxyl groups is 8. The summed E-state index contributed by atoms with van der Waals surface area (Å²) < 4.78 is 22.6. The third kappa shape index (κ3) is 24.0. The van der Waals surface area contributed by atoms with Crippen molar-refractivity contribution in [1.29, 1.82) is 0 Å². The fourth-order valence-corrected chi connectivity index (χ4v) is 7.97. The van der Waals surface area contributed by atoms with Crippen LogP contribution in [0.3, 0.4) is 0 Å². The molecule has 0 spiro atoms. The average molecular weight is 900 g/mol. The van der Waals surface area contributed by atoms with Crippen molar-refractivity contribution in [3.05, 3.63) is 36.5 Å². The van der Waals surface area contributed by atoms with E-state index in [0.717, 1.165) is 44.9 Å². The summed E-state index contributed by atoms with van der Waals surface area (Å²) in [6.07, 6.45) is 23.3. The topological polar surface area (TPSA) is 228 Å². The van der Waals surface area contributed by atoms with Crippen LogP contribution in [0.2, 0.25) is 0 Å². The largest absolute Gasteiger partial charge is 0.394 e. The van der Waals surface area contributed by atoms with E-state index in [1.54, 1.807) is 6.08 Å². The van der Waals surface area contributed by atoms with Crippen LogP contribution in [0.4, 0.5) is 0 Å². The Morgan fingerprint density at radius 2 is 1.02 bits per heavy atom. The second kappa shape index (κ2) is 36.3. The van der Waals surface area contributed by atoms with Gasteiger partial charge in [0.05, 0.1) is 32.0 Å². The Morgan fingerprint density at radius 1 is 0.556 bits per heavy atom. The number of ether oxygens (including phenoxy) is 4. The van der Waals surface area contributed by atoms with Gasteiger partial charge in [-0.25, -0.2) is 0 Å². The van der Waals surface area contributed by atoms with E-state index in [1.165, 1.54) is 96.3 Å². The third-order valence-electron chi connectivity index (χ3n) is 12.1. The van der Waals surface area contributed by atoms with E-state index in [0.29, 0.717) is 12.8 Å². The first-order valence-electron chi connectivity index (χ1n) is 24.7. The molecule has 2 heterocycles. The number of carbonyl (C=O) groups excluding carboxylic acids is 1. The zero-order chi connectivity index (χ0) is 46.1. The molecule has 0 aromatic rings. The highest BCUT2D eigenvalue weighted by molar-refractivity contribution is 5.76. The van der Waals surface area contributed by atoms with Crippen LogP contribution in [0.25, 0.3) is 0 Å². The van der Waals surface area contributed by atoms with Crippen molar-refractivity contribution in [3.8, 4) is 0 Å². The predicted octanol–water partition coefficient (Wildman–Crippen LogP) is 5.93. The Hall–Kier alpha value is -1.79. The Bertz CT molecular complexity index is 1200. The molecule has 2 rings (SSSR count). The molecule has 1 amide bonds. The van der Waals surface area contributed by atoms with Gasteiger partial charge >= 0.3 is 0 Å². The second-order valence-electron chi connectivity index (χ2n) is 17.6. The van der Waals surface area contributed by atoms with Gasteiger partial charge in [0, 0.05) is 6.42 Å². The predicted molar refractivity (Wildman–Crippen MR) is 244 cm³/mol. The lowest BCUT2D eigenvalue weighted by Crippen LogP contribution is -2.65. The number of rotatable bonds is 37. The van der Waals surface area contributed by atoms with Crippen molar-refractivity contribution in [2.24, 2.45) is 0 Å². The first-order chi connectivity index (χ1) is 30.6. The van der Waals surface area contributed by atoms with Gasteiger partial charge in [-0.2, -0.15) is 0 Å². The number of hydrogen-bond donors (Lipinski definition) is 9. The second-order valence-corrected chi connectivity index (χ2v) is 17.6. The van der Waals surface area contributed by atoms with Crippen LogP contribution in [-0.2, 0) is 23.7 Å². The van der Waals surface area contributed by atoms with Gasteiger partial charge in [-0.05, 0) is 44.9 Å². The summed E-state index contributed by atoms with van der Waals surface area (Å²) in [5.74, 6) is -0.256. The van der Waals surface area contributed by atoms with E-state index in [1.807, 2.05) is 6.08 Å². The van der Waals surface area contributed by atoms with E-state index in [2.05, 4.69) is 43.5 Å².